The van der Waals surface area contributed by atoms with Crippen LogP contribution in [-0.2, 0) is 0 Å². The second kappa shape index (κ2) is 10.3. The van der Waals surface area contributed by atoms with Crippen LogP contribution in [0.1, 0.15) is 39.0 Å². The van der Waals surface area contributed by atoms with Gasteiger partial charge in [-0.15, -0.1) is 0 Å². The van der Waals surface area contributed by atoms with Crippen molar-refractivity contribution in [1.82, 2.24) is 5.32 Å². The zero-order chi connectivity index (χ0) is 10.6. The zero-order valence-corrected chi connectivity index (χ0v) is 9.13. The van der Waals surface area contributed by atoms with Gasteiger partial charge in [-0.25, -0.2) is 0 Å². The number of guanidine groups is 1. The molecule has 0 fully saturated rings. The molecule has 0 radical (unpaired) electrons. The van der Waals surface area contributed by atoms with Gasteiger partial charge >= 0.3 is 0 Å². The van der Waals surface area contributed by atoms with E-state index < -0.39 is 0 Å². The maximum absolute atomic E-state index is 8.52. The predicted octanol–water partition coefficient (Wildman–Crippen LogP) is 0.853. The lowest BCUT2D eigenvalue weighted by Gasteiger charge is -2.04. The first-order chi connectivity index (χ1) is 6.81. The third-order valence-corrected chi connectivity index (χ3v) is 1.93. The SMILES string of the molecule is CCCCCCNC(N)=NCCCO. The van der Waals surface area contributed by atoms with Crippen molar-refractivity contribution < 1.29 is 5.11 Å². The van der Waals surface area contributed by atoms with Crippen LogP contribution in [0.25, 0.3) is 0 Å². The fraction of sp³-hybridized carbons (Fsp3) is 0.900. The van der Waals surface area contributed by atoms with Gasteiger partial charge in [-0.05, 0) is 12.8 Å². The van der Waals surface area contributed by atoms with E-state index >= 15 is 0 Å². The Morgan fingerprint density at radius 1 is 1.29 bits per heavy atom. The van der Waals surface area contributed by atoms with Crippen LogP contribution in [0.5, 0.6) is 0 Å². The van der Waals surface area contributed by atoms with Crippen LogP contribution >= 0.6 is 0 Å². The molecule has 84 valence electrons. The summed E-state index contributed by atoms with van der Waals surface area (Å²) in [6.45, 7) is 3.87. The molecule has 0 unspecified atom stereocenters. The van der Waals surface area contributed by atoms with Crippen molar-refractivity contribution in [2.45, 2.75) is 39.0 Å². The lowest BCUT2D eigenvalue weighted by molar-refractivity contribution is 0.291. The van der Waals surface area contributed by atoms with Crippen molar-refractivity contribution in [3.63, 3.8) is 0 Å². The average Bonchev–Trinajstić information content (AvgIpc) is 2.18. The topological polar surface area (TPSA) is 70.6 Å². The van der Waals surface area contributed by atoms with E-state index in [4.69, 9.17) is 10.8 Å². The Bertz CT molecular complexity index is 148. The van der Waals surface area contributed by atoms with Crippen molar-refractivity contribution in [3.05, 3.63) is 0 Å². The first-order valence-corrected chi connectivity index (χ1v) is 5.46. The van der Waals surface area contributed by atoms with E-state index in [1.165, 1.54) is 19.3 Å². The quantitative estimate of drug-likeness (QED) is 0.310. The van der Waals surface area contributed by atoms with Crippen LogP contribution in [0.4, 0.5) is 0 Å². The number of aliphatic imine (C=N–C) groups is 1. The lowest BCUT2D eigenvalue weighted by Crippen LogP contribution is -2.32. The van der Waals surface area contributed by atoms with Gasteiger partial charge in [0.2, 0.25) is 0 Å². The molecule has 0 bridgehead atoms. The van der Waals surface area contributed by atoms with Crippen LogP contribution in [-0.4, -0.2) is 30.8 Å². The van der Waals surface area contributed by atoms with E-state index in [9.17, 15) is 0 Å². The number of hydrogen-bond acceptors (Lipinski definition) is 2. The molecule has 14 heavy (non-hydrogen) atoms. The number of hydrogen-bond donors (Lipinski definition) is 3. The number of nitrogens with zero attached hydrogens (tertiary/aromatic N) is 1. The highest BCUT2D eigenvalue weighted by molar-refractivity contribution is 5.77. The van der Waals surface area contributed by atoms with Crippen molar-refractivity contribution in [2.75, 3.05) is 19.7 Å². The van der Waals surface area contributed by atoms with Gasteiger partial charge in [0, 0.05) is 19.7 Å². The highest BCUT2D eigenvalue weighted by atomic mass is 16.3. The van der Waals surface area contributed by atoms with E-state index in [-0.39, 0.29) is 6.61 Å². The first-order valence-electron chi connectivity index (χ1n) is 5.46. The van der Waals surface area contributed by atoms with Gasteiger partial charge in [-0.1, -0.05) is 26.2 Å². The molecule has 0 aromatic rings. The highest BCUT2D eigenvalue weighted by Crippen LogP contribution is 1.96. The molecule has 0 saturated heterocycles. The summed E-state index contributed by atoms with van der Waals surface area (Å²) in [5.74, 6) is 0.495. The van der Waals surface area contributed by atoms with Crippen molar-refractivity contribution >= 4 is 5.96 Å². The van der Waals surface area contributed by atoms with Gasteiger partial charge in [0.1, 0.15) is 0 Å². The number of rotatable bonds is 8. The third-order valence-electron chi connectivity index (χ3n) is 1.93. The van der Waals surface area contributed by atoms with Crippen molar-refractivity contribution in [3.8, 4) is 0 Å². The normalized spacial score (nSPS) is 11.7. The molecular formula is C10H23N3O. The fourth-order valence-electron chi connectivity index (χ4n) is 1.09. The zero-order valence-electron chi connectivity index (χ0n) is 9.13. The molecule has 0 rings (SSSR count). The average molecular weight is 201 g/mol. The van der Waals surface area contributed by atoms with Gasteiger partial charge in [-0.2, -0.15) is 0 Å². The van der Waals surface area contributed by atoms with E-state index in [1.807, 2.05) is 0 Å². The van der Waals surface area contributed by atoms with E-state index in [0.29, 0.717) is 18.9 Å². The molecule has 0 saturated carbocycles. The van der Waals surface area contributed by atoms with Crippen LogP contribution in [0.3, 0.4) is 0 Å². The van der Waals surface area contributed by atoms with Gasteiger partial charge in [0.05, 0.1) is 0 Å². The number of nitrogens with one attached hydrogen (secondary N) is 1. The van der Waals surface area contributed by atoms with E-state index in [0.717, 1.165) is 13.0 Å². The Labute approximate surface area is 86.6 Å². The summed E-state index contributed by atoms with van der Waals surface area (Å²) in [6.07, 6.45) is 5.60. The number of unbranched alkanes of at least 4 members (excludes halogenated alkanes) is 3. The molecule has 0 aliphatic rings. The van der Waals surface area contributed by atoms with Gasteiger partial charge in [0.25, 0.3) is 0 Å². The van der Waals surface area contributed by atoms with Gasteiger partial charge in [-0.3, -0.25) is 4.99 Å². The fourth-order valence-corrected chi connectivity index (χ4v) is 1.09. The minimum absolute atomic E-state index is 0.174. The summed E-state index contributed by atoms with van der Waals surface area (Å²) in [5, 5.41) is 11.6. The Kier molecular flexibility index (Phi) is 9.74. The summed E-state index contributed by atoms with van der Waals surface area (Å²) >= 11 is 0. The maximum atomic E-state index is 8.52. The minimum Gasteiger partial charge on any atom is -0.396 e. The molecule has 0 heterocycles. The van der Waals surface area contributed by atoms with Crippen molar-refractivity contribution in [1.29, 1.82) is 0 Å². The van der Waals surface area contributed by atoms with Crippen LogP contribution in [0.2, 0.25) is 0 Å². The van der Waals surface area contributed by atoms with Crippen LogP contribution in [0, 0.1) is 0 Å². The summed E-state index contributed by atoms with van der Waals surface area (Å²) < 4.78 is 0. The minimum atomic E-state index is 0.174. The molecule has 4 N–H and O–H groups in total. The molecule has 4 nitrogen and oxygen atoms in total. The maximum Gasteiger partial charge on any atom is 0.188 e. The van der Waals surface area contributed by atoms with E-state index in [2.05, 4.69) is 17.2 Å². The molecule has 0 aromatic carbocycles. The molecule has 4 heteroatoms. The Balaban J connectivity index is 3.25. The molecular weight excluding hydrogens is 178 g/mol. The number of aliphatic hydroxyl groups is 1. The number of aliphatic hydroxyl groups excluding tert-OH is 1. The molecule has 0 aliphatic carbocycles. The molecule has 0 aliphatic heterocycles. The highest BCUT2D eigenvalue weighted by Gasteiger charge is 1.91. The van der Waals surface area contributed by atoms with Crippen molar-refractivity contribution in [2.24, 2.45) is 10.7 Å². The summed E-state index contributed by atoms with van der Waals surface area (Å²) in [5.41, 5.74) is 5.59. The third kappa shape index (κ3) is 9.32. The molecule has 0 spiro atoms. The molecule has 0 aromatic heterocycles. The van der Waals surface area contributed by atoms with Gasteiger partial charge in [0.15, 0.2) is 5.96 Å². The molecule has 0 atom stereocenters. The predicted molar refractivity (Wildman–Crippen MR) is 60.3 cm³/mol. The monoisotopic (exact) mass is 201 g/mol. The molecule has 0 amide bonds. The Hall–Kier alpha value is -0.770. The van der Waals surface area contributed by atoms with E-state index in [1.54, 1.807) is 0 Å². The summed E-state index contributed by atoms with van der Waals surface area (Å²) in [6, 6.07) is 0. The second-order valence-electron chi connectivity index (χ2n) is 3.33. The summed E-state index contributed by atoms with van der Waals surface area (Å²) in [4.78, 5) is 4.06. The number of nitrogens with two attached hydrogens (primary N) is 1. The summed E-state index contributed by atoms with van der Waals surface area (Å²) in [7, 11) is 0. The Morgan fingerprint density at radius 3 is 2.71 bits per heavy atom. The largest absolute Gasteiger partial charge is 0.396 e. The van der Waals surface area contributed by atoms with Crippen LogP contribution in [0.15, 0.2) is 4.99 Å². The lowest BCUT2D eigenvalue weighted by atomic mass is 10.2. The van der Waals surface area contributed by atoms with Gasteiger partial charge < -0.3 is 16.2 Å². The van der Waals surface area contributed by atoms with Crippen LogP contribution < -0.4 is 11.1 Å². The second-order valence-corrected chi connectivity index (χ2v) is 3.33. The Morgan fingerprint density at radius 2 is 2.07 bits per heavy atom. The smallest absolute Gasteiger partial charge is 0.188 e. The first kappa shape index (κ1) is 13.2. The standard InChI is InChI=1S/C10H23N3O/c1-2-3-4-5-7-12-10(11)13-8-6-9-14/h14H,2-9H2,1H3,(H3,11,12,13).